The van der Waals surface area contributed by atoms with Gasteiger partial charge in [0.25, 0.3) is 0 Å². The van der Waals surface area contributed by atoms with E-state index in [1.807, 2.05) is 25.2 Å². The summed E-state index contributed by atoms with van der Waals surface area (Å²) >= 11 is 0. The largest absolute Gasteiger partial charge is 0.497 e. The molecule has 0 saturated carbocycles. The fraction of sp³-hybridized carbons (Fsp3) is 0.333. The van der Waals surface area contributed by atoms with E-state index in [4.69, 9.17) is 9.47 Å². The van der Waals surface area contributed by atoms with Crippen molar-refractivity contribution in [1.29, 1.82) is 0 Å². The molecular formula is C21H23NO4. The van der Waals surface area contributed by atoms with Crippen molar-refractivity contribution >= 4 is 11.8 Å². The van der Waals surface area contributed by atoms with Crippen molar-refractivity contribution in [3.63, 3.8) is 0 Å². The van der Waals surface area contributed by atoms with E-state index in [1.165, 1.54) is 0 Å². The van der Waals surface area contributed by atoms with Crippen LogP contribution in [0.25, 0.3) is 0 Å². The Hall–Kier alpha value is -2.66. The second kappa shape index (κ2) is 7.70. The van der Waals surface area contributed by atoms with Gasteiger partial charge in [0.15, 0.2) is 5.60 Å². The van der Waals surface area contributed by atoms with Crippen LogP contribution >= 0.6 is 0 Å². The van der Waals surface area contributed by atoms with E-state index in [1.54, 1.807) is 43.5 Å². The summed E-state index contributed by atoms with van der Waals surface area (Å²) in [5.41, 5.74) is -0.144. The summed E-state index contributed by atoms with van der Waals surface area (Å²) in [6.07, 6.45) is 0.970. The molecule has 1 aliphatic heterocycles. The topological polar surface area (TPSA) is 55.8 Å². The number of nitrogens with zero attached hydrogens (tertiary/aromatic N) is 1. The molecule has 0 unspecified atom stereocenters. The number of methoxy groups -OCH3 is 1. The van der Waals surface area contributed by atoms with Crippen LogP contribution in [0.4, 0.5) is 0 Å². The number of hydrogen-bond acceptors (Lipinski definition) is 5. The maximum Gasteiger partial charge on any atom is 0.339 e. The fourth-order valence-corrected chi connectivity index (χ4v) is 3.17. The molecule has 0 atom stereocenters. The lowest BCUT2D eigenvalue weighted by molar-refractivity contribution is -0.0327. The smallest absolute Gasteiger partial charge is 0.339 e. The van der Waals surface area contributed by atoms with Crippen molar-refractivity contribution in [2.75, 3.05) is 27.2 Å². The number of Topliss-reactive ketones (excluding diaryl/α,β-unsaturated/α-hetero) is 1. The van der Waals surface area contributed by atoms with E-state index < -0.39 is 11.6 Å². The highest BCUT2D eigenvalue weighted by Crippen LogP contribution is 2.31. The Balaban J connectivity index is 1.86. The van der Waals surface area contributed by atoms with Gasteiger partial charge in [0.2, 0.25) is 5.78 Å². The monoisotopic (exact) mass is 353 g/mol. The molecule has 1 aliphatic rings. The molecule has 1 saturated heterocycles. The molecule has 0 bridgehead atoms. The standard InChI is InChI=1S/C21H23NO4/c1-22-14-12-21(13-15-22,19(23)16-6-4-3-5-7-16)26-20(24)17-8-10-18(25-2)11-9-17/h3-11H,12-15H2,1-2H3. The molecular weight excluding hydrogens is 330 g/mol. The van der Waals surface area contributed by atoms with Crippen LogP contribution in [0.2, 0.25) is 0 Å². The molecule has 3 rings (SSSR count). The van der Waals surface area contributed by atoms with Crippen molar-refractivity contribution < 1.29 is 19.1 Å². The van der Waals surface area contributed by atoms with E-state index in [2.05, 4.69) is 4.90 Å². The van der Waals surface area contributed by atoms with Crippen LogP contribution in [-0.4, -0.2) is 49.5 Å². The SMILES string of the molecule is COc1ccc(C(=O)OC2(C(=O)c3ccccc3)CCN(C)CC2)cc1. The number of piperidine rings is 1. The van der Waals surface area contributed by atoms with Crippen LogP contribution in [0.15, 0.2) is 54.6 Å². The lowest BCUT2D eigenvalue weighted by Crippen LogP contribution is -2.51. The number of ether oxygens (including phenoxy) is 2. The molecule has 26 heavy (non-hydrogen) atoms. The highest BCUT2D eigenvalue weighted by Gasteiger charge is 2.44. The van der Waals surface area contributed by atoms with Gasteiger partial charge >= 0.3 is 5.97 Å². The normalized spacial score (nSPS) is 16.7. The fourth-order valence-electron chi connectivity index (χ4n) is 3.17. The number of carbonyl (C=O) groups excluding carboxylic acids is 2. The molecule has 5 heteroatoms. The highest BCUT2D eigenvalue weighted by atomic mass is 16.6. The molecule has 0 spiro atoms. The molecule has 5 nitrogen and oxygen atoms in total. The first-order valence-corrected chi connectivity index (χ1v) is 8.70. The number of carbonyl (C=O) groups is 2. The van der Waals surface area contributed by atoms with Gasteiger partial charge in [-0.3, -0.25) is 4.79 Å². The van der Waals surface area contributed by atoms with Crippen LogP contribution < -0.4 is 4.74 Å². The van der Waals surface area contributed by atoms with E-state index in [0.29, 0.717) is 42.8 Å². The molecule has 1 heterocycles. The summed E-state index contributed by atoms with van der Waals surface area (Å²) in [6.45, 7) is 1.41. The molecule has 136 valence electrons. The van der Waals surface area contributed by atoms with Gasteiger partial charge in [-0.1, -0.05) is 30.3 Å². The maximum absolute atomic E-state index is 13.2. The van der Waals surface area contributed by atoms with Gasteiger partial charge in [-0.05, 0) is 31.3 Å². The first-order chi connectivity index (χ1) is 12.5. The Morgan fingerprint density at radius 1 is 0.923 bits per heavy atom. The van der Waals surface area contributed by atoms with Gasteiger partial charge in [-0.15, -0.1) is 0 Å². The highest BCUT2D eigenvalue weighted by molar-refractivity contribution is 6.04. The lowest BCUT2D eigenvalue weighted by Gasteiger charge is -2.38. The minimum atomic E-state index is -1.12. The summed E-state index contributed by atoms with van der Waals surface area (Å²) in [7, 11) is 3.57. The molecule has 2 aromatic carbocycles. The number of esters is 1. The first-order valence-electron chi connectivity index (χ1n) is 8.70. The predicted molar refractivity (Wildman–Crippen MR) is 98.6 cm³/mol. The molecule has 0 N–H and O–H groups in total. The van der Waals surface area contributed by atoms with Crippen LogP contribution in [0, 0.1) is 0 Å². The summed E-state index contributed by atoms with van der Waals surface area (Å²) in [6, 6.07) is 15.7. The Morgan fingerprint density at radius 2 is 1.54 bits per heavy atom. The molecule has 0 aromatic heterocycles. The number of benzene rings is 2. The second-order valence-electron chi connectivity index (χ2n) is 6.61. The number of ketones is 1. The summed E-state index contributed by atoms with van der Waals surface area (Å²) in [5.74, 6) is 0.0467. The minimum absolute atomic E-state index is 0.131. The van der Waals surface area contributed by atoms with E-state index >= 15 is 0 Å². The zero-order chi connectivity index (χ0) is 18.6. The molecule has 0 aliphatic carbocycles. The zero-order valence-electron chi connectivity index (χ0n) is 15.1. The molecule has 0 radical (unpaired) electrons. The van der Waals surface area contributed by atoms with Gasteiger partial charge in [0.05, 0.1) is 12.7 Å². The summed E-state index contributed by atoms with van der Waals surface area (Å²) in [5, 5.41) is 0. The van der Waals surface area contributed by atoms with Crippen molar-refractivity contribution in [1.82, 2.24) is 4.90 Å². The van der Waals surface area contributed by atoms with Crippen molar-refractivity contribution in [3.05, 3.63) is 65.7 Å². The second-order valence-corrected chi connectivity index (χ2v) is 6.61. The van der Waals surface area contributed by atoms with Gasteiger partial charge in [-0.2, -0.15) is 0 Å². The van der Waals surface area contributed by atoms with Crippen LogP contribution in [0.3, 0.4) is 0 Å². The molecule has 0 amide bonds. The van der Waals surface area contributed by atoms with Crippen LogP contribution in [0.1, 0.15) is 33.6 Å². The van der Waals surface area contributed by atoms with Gasteiger partial charge in [0.1, 0.15) is 5.75 Å². The third-order valence-electron chi connectivity index (χ3n) is 4.86. The Labute approximate surface area is 153 Å². The average Bonchev–Trinajstić information content (AvgIpc) is 2.70. The Morgan fingerprint density at radius 3 is 2.12 bits per heavy atom. The average molecular weight is 353 g/mol. The van der Waals surface area contributed by atoms with Gasteiger partial charge < -0.3 is 14.4 Å². The zero-order valence-corrected chi connectivity index (χ0v) is 15.1. The van der Waals surface area contributed by atoms with Crippen molar-refractivity contribution in [2.45, 2.75) is 18.4 Å². The summed E-state index contributed by atoms with van der Waals surface area (Å²) < 4.78 is 11.0. The predicted octanol–water partition coefficient (Wildman–Crippen LogP) is 3.20. The van der Waals surface area contributed by atoms with E-state index in [9.17, 15) is 9.59 Å². The molecule has 1 fully saturated rings. The van der Waals surface area contributed by atoms with Gasteiger partial charge in [-0.25, -0.2) is 4.79 Å². The van der Waals surface area contributed by atoms with Crippen LogP contribution in [-0.2, 0) is 4.74 Å². The summed E-state index contributed by atoms with van der Waals surface area (Å²) in [4.78, 5) is 28.0. The number of rotatable bonds is 5. The van der Waals surface area contributed by atoms with Crippen molar-refractivity contribution in [3.8, 4) is 5.75 Å². The lowest BCUT2D eigenvalue weighted by atomic mass is 9.83. The molecule has 2 aromatic rings. The Kier molecular flexibility index (Phi) is 5.38. The number of hydrogen-bond donors (Lipinski definition) is 0. The number of likely N-dealkylation sites (tertiary alicyclic amines) is 1. The van der Waals surface area contributed by atoms with E-state index in [-0.39, 0.29) is 5.78 Å². The maximum atomic E-state index is 13.2. The quantitative estimate of drug-likeness (QED) is 0.610. The van der Waals surface area contributed by atoms with Crippen LogP contribution in [0.5, 0.6) is 5.75 Å². The third-order valence-corrected chi connectivity index (χ3v) is 4.86. The minimum Gasteiger partial charge on any atom is -0.497 e. The van der Waals surface area contributed by atoms with Gasteiger partial charge in [0, 0.05) is 31.5 Å². The third kappa shape index (κ3) is 3.78. The van der Waals surface area contributed by atoms with Crippen molar-refractivity contribution in [2.24, 2.45) is 0 Å². The first kappa shape index (κ1) is 18.1. The Bertz CT molecular complexity index is 762. The van der Waals surface area contributed by atoms with E-state index in [0.717, 1.165) is 0 Å².